The maximum absolute atomic E-state index is 12.6. The van der Waals surface area contributed by atoms with E-state index < -0.39 is 27.9 Å². The molecule has 2 amide bonds. The van der Waals surface area contributed by atoms with Crippen molar-refractivity contribution in [1.29, 1.82) is 0 Å². The fraction of sp³-hybridized carbons (Fsp3) is 0.125. The SMILES string of the molecule is C[C@H](C(=O)Nc1cc(Cl)ccc1Cl)N1C(=O)c2ccccc2S1(=O)=O. The van der Waals surface area contributed by atoms with Crippen LogP contribution in [0.1, 0.15) is 17.3 Å². The maximum atomic E-state index is 12.6. The van der Waals surface area contributed by atoms with Crippen molar-refractivity contribution in [3.8, 4) is 0 Å². The van der Waals surface area contributed by atoms with Gasteiger partial charge in [0.1, 0.15) is 10.9 Å². The Kier molecular flexibility index (Phi) is 4.49. The number of amides is 2. The van der Waals surface area contributed by atoms with Gasteiger partial charge in [0.05, 0.1) is 16.3 Å². The van der Waals surface area contributed by atoms with Crippen LogP contribution in [0.5, 0.6) is 0 Å². The Morgan fingerprint density at radius 3 is 2.52 bits per heavy atom. The fourth-order valence-corrected chi connectivity index (χ4v) is 4.58. The summed E-state index contributed by atoms with van der Waals surface area (Å²) in [4.78, 5) is 24.8. The zero-order valence-corrected chi connectivity index (χ0v) is 15.2. The molecule has 1 aliphatic heterocycles. The van der Waals surface area contributed by atoms with Crippen molar-refractivity contribution >= 4 is 50.7 Å². The molecule has 0 radical (unpaired) electrons. The average molecular weight is 399 g/mol. The number of fused-ring (bicyclic) bond motifs is 1. The molecule has 0 bridgehead atoms. The second kappa shape index (κ2) is 6.33. The lowest BCUT2D eigenvalue weighted by atomic mass is 10.2. The fourth-order valence-electron chi connectivity index (χ4n) is 2.52. The first-order valence-electron chi connectivity index (χ1n) is 7.17. The van der Waals surface area contributed by atoms with Gasteiger partial charge in [0, 0.05) is 5.02 Å². The molecule has 0 unspecified atom stereocenters. The molecule has 3 rings (SSSR count). The topological polar surface area (TPSA) is 83.6 Å². The second-order valence-electron chi connectivity index (χ2n) is 5.39. The Hall–Kier alpha value is -2.09. The number of halogens is 2. The van der Waals surface area contributed by atoms with E-state index in [-0.39, 0.29) is 21.2 Å². The van der Waals surface area contributed by atoms with Crippen molar-refractivity contribution in [2.75, 3.05) is 5.32 Å². The number of carbonyl (C=O) groups excluding carboxylic acids is 2. The molecule has 9 heteroatoms. The molecule has 25 heavy (non-hydrogen) atoms. The largest absolute Gasteiger partial charge is 0.323 e. The van der Waals surface area contributed by atoms with Crippen LogP contribution in [-0.2, 0) is 14.8 Å². The summed E-state index contributed by atoms with van der Waals surface area (Å²) in [6.07, 6.45) is 0. The van der Waals surface area contributed by atoms with Crippen LogP contribution in [0.4, 0.5) is 5.69 Å². The minimum atomic E-state index is -4.09. The van der Waals surface area contributed by atoms with Crippen molar-refractivity contribution in [2.24, 2.45) is 0 Å². The number of rotatable bonds is 3. The van der Waals surface area contributed by atoms with Crippen LogP contribution < -0.4 is 5.32 Å². The molecule has 1 atom stereocenters. The highest BCUT2D eigenvalue weighted by atomic mass is 35.5. The van der Waals surface area contributed by atoms with E-state index >= 15 is 0 Å². The Morgan fingerprint density at radius 2 is 1.84 bits per heavy atom. The first-order valence-corrected chi connectivity index (χ1v) is 9.37. The number of carbonyl (C=O) groups is 2. The van der Waals surface area contributed by atoms with Crippen LogP contribution in [0.3, 0.4) is 0 Å². The monoisotopic (exact) mass is 398 g/mol. The van der Waals surface area contributed by atoms with E-state index in [4.69, 9.17) is 23.2 Å². The van der Waals surface area contributed by atoms with E-state index in [1.165, 1.54) is 37.3 Å². The third-order valence-corrected chi connectivity index (χ3v) is 6.25. The smallest absolute Gasteiger partial charge is 0.269 e. The molecule has 0 spiro atoms. The van der Waals surface area contributed by atoms with Crippen LogP contribution >= 0.6 is 23.2 Å². The van der Waals surface area contributed by atoms with E-state index in [0.717, 1.165) is 0 Å². The molecule has 6 nitrogen and oxygen atoms in total. The standard InChI is InChI=1S/C16H12Cl2N2O4S/c1-9(15(21)19-13-8-10(17)6-7-12(13)18)20-16(22)11-4-2-3-5-14(11)25(20,23)24/h2-9H,1H3,(H,19,21)/t9-/m1/s1. The molecule has 130 valence electrons. The van der Waals surface area contributed by atoms with Gasteiger partial charge in [-0.3, -0.25) is 9.59 Å². The normalized spacial score (nSPS) is 16.4. The van der Waals surface area contributed by atoms with Crippen molar-refractivity contribution in [3.63, 3.8) is 0 Å². The number of hydrogen-bond donors (Lipinski definition) is 1. The van der Waals surface area contributed by atoms with Crippen LogP contribution in [0.25, 0.3) is 0 Å². The first kappa shape index (κ1) is 17.7. The van der Waals surface area contributed by atoms with E-state index in [1.807, 2.05) is 0 Å². The van der Waals surface area contributed by atoms with E-state index in [9.17, 15) is 18.0 Å². The summed E-state index contributed by atoms with van der Waals surface area (Å²) in [5.41, 5.74) is 0.274. The zero-order chi connectivity index (χ0) is 18.4. The molecule has 0 aliphatic carbocycles. The molecule has 2 aromatic carbocycles. The summed E-state index contributed by atoms with van der Waals surface area (Å²) in [5, 5.41) is 3.09. The molecule has 0 fully saturated rings. The lowest BCUT2D eigenvalue weighted by Crippen LogP contribution is -2.45. The van der Waals surface area contributed by atoms with Gasteiger partial charge in [0.25, 0.3) is 15.9 Å². The van der Waals surface area contributed by atoms with Gasteiger partial charge in [-0.1, -0.05) is 35.3 Å². The summed E-state index contributed by atoms with van der Waals surface area (Å²) < 4.78 is 25.8. The van der Waals surface area contributed by atoms with Gasteiger partial charge in [-0.25, -0.2) is 12.7 Å². The summed E-state index contributed by atoms with van der Waals surface area (Å²) in [5.74, 6) is -1.44. The van der Waals surface area contributed by atoms with Gasteiger partial charge in [-0.2, -0.15) is 0 Å². The summed E-state index contributed by atoms with van der Waals surface area (Å²) in [6.45, 7) is 1.33. The molecule has 2 aromatic rings. The van der Waals surface area contributed by atoms with Crippen LogP contribution in [0.15, 0.2) is 47.4 Å². The molecule has 1 heterocycles. The van der Waals surface area contributed by atoms with Gasteiger partial charge in [0.2, 0.25) is 5.91 Å². The average Bonchev–Trinajstić information content (AvgIpc) is 2.77. The van der Waals surface area contributed by atoms with Gasteiger partial charge in [-0.05, 0) is 37.3 Å². The van der Waals surface area contributed by atoms with Crippen LogP contribution in [0.2, 0.25) is 10.0 Å². The lowest BCUT2D eigenvalue weighted by molar-refractivity contribution is -0.118. The van der Waals surface area contributed by atoms with Gasteiger partial charge in [-0.15, -0.1) is 0 Å². The van der Waals surface area contributed by atoms with Crippen molar-refractivity contribution in [1.82, 2.24) is 4.31 Å². The van der Waals surface area contributed by atoms with Crippen molar-refractivity contribution in [3.05, 3.63) is 58.1 Å². The van der Waals surface area contributed by atoms with Crippen LogP contribution in [0, 0.1) is 0 Å². The van der Waals surface area contributed by atoms with Gasteiger partial charge < -0.3 is 5.32 Å². The third kappa shape index (κ3) is 2.99. The highest BCUT2D eigenvalue weighted by Gasteiger charge is 2.45. The number of nitrogens with zero attached hydrogens (tertiary/aromatic N) is 1. The molecule has 0 saturated carbocycles. The molecular formula is C16H12Cl2N2O4S. The van der Waals surface area contributed by atoms with Gasteiger partial charge in [0.15, 0.2) is 0 Å². The Labute approximate surface area is 154 Å². The predicted octanol–water partition coefficient (Wildman–Crippen LogP) is 3.17. The summed E-state index contributed by atoms with van der Waals surface area (Å²) in [7, 11) is -4.09. The Balaban J connectivity index is 1.91. The number of sulfonamides is 1. The van der Waals surface area contributed by atoms with E-state index in [2.05, 4.69) is 5.32 Å². The highest BCUT2D eigenvalue weighted by molar-refractivity contribution is 7.90. The lowest BCUT2D eigenvalue weighted by Gasteiger charge is -2.22. The Bertz CT molecular complexity index is 991. The quantitative estimate of drug-likeness (QED) is 0.860. The summed E-state index contributed by atoms with van der Waals surface area (Å²) >= 11 is 11.9. The van der Waals surface area contributed by atoms with E-state index in [0.29, 0.717) is 9.33 Å². The summed E-state index contributed by atoms with van der Waals surface area (Å²) in [6, 6.07) is 9.04. The minimum absolute atomic E-state index is 0.0444. The van der Waals surface area contributed by atoms with Crippen molar-refractivity contribution < 1.29 is 18.0 Å². The highest BCUT2D eigenvalue weighted by Crippen LogP contribution is 2.32. The maximum Gasteiger partial charge on any atom is 0.269 e. The Morgan fingerprint density at radius 1 is 1.16 bits per heavy atom. The third-order valence-electron chi connectivity index (χ3n) is 3.77. The first-order chi connectivity index (χ1) is 11.7. The number of benzene rings is 2. The van der Waals surface area contributed by atoms with E-state index in [1.54, 1.807) is 12.1 Å². The number of anilines is 1. The molecule has 1 aliphatic rings. The zero-order valence-electron chi connectivity index (χ0n) is 12.9. The molecule has 1 N–H and O–H groups in total. The number of nitrogens with one attached hydrogen (secondary N) is 1. The molecule has 0 saturated heterocycles. The van der Waals surface area contributed by atoms with Gasteiger partial charge >= 0.3 is 0 Å². The second-order valence-corrected chi connectivity index (χ2v) is 8.02. The predicted molar refractivity (Wildman–Crippen MR) is 94.4 cm³/mol. The molecule has 0 aromatic heterocycles. The van der Waals surface area contributed by atoms with Crippen LogP contribution in [-0.4, -0.2) is 30.6 Å². The molecular weight excluding hydrogens is 387 g/mol. The van der Waals surface area contributed by atoms with Crippen molar-refractivity contribution in [2.45, 2.75) is 17.9 Å². The minimum Gasteiger partial charge on any atom is -0.323 e. The number of hydrogen-bond acceptors (Lipinski definition) is 4.